The SMILES string of the molecule is CC(=O)Oc1c(CC(C)C)ccc2c1Cc1ccccc1-2.[Ag]. The Labute approximate surface area is 147 Å². The first-order valence-electron chi connectivity index (χ1n) is 7.47. The molecule has 3 heteroatoms. The molecule has 1 radical (unpaired) electrons. The predicted octanol–water partition coefficient (Wildman–Crippen LogP) is 4.38. The van der Waals surface area contributed by atoms with Crippen molar-refractivity contribution in [3.8, 4) is 16.9 Å². The number of hydrogen-bond donors (Lipinski definition) is 0. The molecule has 0 atom stereocenters. The monoisotopic (exact) mass is 387 g/mol. The fraction of sp³-hybridized carbons (Fsp3) is 0.316. The van der Waals surface area contributed by atoms with Gasteiger partial charge in [0.2, 0.25) is 0 Å². The summed E-state index contributed by atoms with van der Waals surface area (Å²) in [5.74, 6) is 1.07. The Balaban J connectivity index is 0.00000176. The van der Waals surface area contributed by atoms with Crippen molar-refractivity contribution in [1.29, 1.82) is 0 Å². The first kappa shape index (κ1) is 17.0. The summed E-state index contributed by atoms with van der Waals surface area (Å²) in [5, 5.41) is 0. The van der Waals surface area contributed by atoms with Crippen LogP contribution in [0.5, 0.6) is 5.75 Å². The molecule has 0 aliphatic heterocycles. The first-order valence-corrected chi connectivity index (χ1v) is 7.47. The van der Waals surface area contributed by atoms with Crippen LogP contribution in [0.15, 0.2) is 36.4 Å². The standard InChI is InChI=1S/C19H20O2.Ag/c1-12(2)10-15-8-9-17-16-7-5-4-6-14(16)11-18(17)19(15)21-13(3)20;/h4-9,12H,10-11H2,1-3H3;. The number of benzene rings is 2. The van der Waals surface area contributed by atoms with E-state index < -0.39 is 0 Å². The van der Waals surface area contributed by atoms with Gasteiger partial charge in [0.25, 0.3) is 0 Å². The Morgan fingerprint density at radius 3 is 2.55 bits per heavy atom. The fourth-order valence-electron chi connectivity index (χ4n) is 3.10. The normalized spacial score (nSPS) is 11.6. The maximum absolute atomic E-state index is 11.5. The number of rotatable bonds is 3. The third-order valence-electron chi connectivity index (χ3n) is 3.89. The number of ether oxygens (including phenoxy) is 1. The van der Waals surface area contributed by atoms with Gasteiger partial charge in [-0.25, -0.2) is 0 Å². The summed E-state index contributed by atoms with van der Waals surface area (Å²) < 4.78 is 5.58. The molecule has 0 spiro atoms. The van der Waals surface area contributed by atoms with Crippen LogP contribution in [0.1, 0.15) is 37.5 Å². The number of fused-ring (bicyclic) bond motifs is 3. The molecule has 3 rings (SSSR count). The molecule has 0 amide bonds. The van der Waals surface area contributed by atoms with E-state index in [1.807, 2.05) is 0 Å². The average Bonchev–Trinajstić information content (AvgIpc) is 2.79. The minimum Gasteiger partial charge on any atom is -0.426 e. The van der Waals surface area contributed by atoms with E-state index in [2.05, 4.69) is 50.2 Å². The van der Waals surface area contributed by atoms with E-state index in [4.69, 9.17) is 4.74 Å². The number of carbonyl (C=O) groups is 1. The summed E-state index contributed by atoms with van der Waals surface area (Å²) in [6.45, 7) is 5.83. The van der Waals surface area contributed by atoms with Crippen LogP contribution in [0.25, 0.3) is 11.1 Å². The van der Waals surface area contributed by atoms with E-state index in [1.165, 1.54) is 23.6 Å². The quantitative estimate of drug-likeness (QED) is 0.378. The molecule has 119 valence electrons. The summed E-state index contributed by atoms with van der Waals surface area (Å²) in [4.78, 5) is 11.5. The van der Waals surface area contributed by atoms with E-state index in [1.54, 1.807) is 0 Å². The smallest absolute Gasteiger partial charge is 0.308 e. The van der Waals surface area contributed by atoms with Crippen molar-refractivity contribution in [3.63, 3.8) is 0 Å². The van der Waals surface area contributed by atoms with Gasteiger partial charge in [-0.2, -0.15) is 0 Å². The molecule has 1 aliphatic rings. The number of esters is 1. The summed E-state index contributed by atoms with van der Waals surface area (Å²) in [7, 11) is 0. The molecule has 0 saturated heterocycles. The Kier molecular flexibility index (Phi) is 5.28. The van der Waals surface area contributed by atoms with E-state index in [0.29, 0.717) is 5.92 Å². The fourth-order valence-corrected chi connectivity index (χ4v) is 3.10. The second kappa shape index (κ2) is 6.82. The minimum absolute atomic E-state index is 0. The van der Waals surface area contributed by atoms with Crippen molar-refractivity contribution in [3.05, 3.63) is 53.1 Å². The third-order valence-corrected chi connectivity index (χ3v) is 3.89. The second-order valence-corrected chi connectivity index (χ2v) is 6.11. The van der Waals surface area contributed by atoms with Crippen molar-refractivity contribution >= 4 is 5.97 Å². The van der Waals surface area contributed by atoms with Crippen molar-refractivity contribution < 1.29 is 31.9 Å². The molecule has 22 heavy (non-hydrogen) atoms. The van der Waals surface area contributed by atoms with E-state index in [0.717, 1.165) is 29.7 Å². The summed E-state index contributed by atoms with van der Waals surface area (Å²) in [5.41, 5.74) is 6.06. The van der Waals surface area contributed by atoms with E-state index >= 15 is 0 Å². The molecule has 2 aromatic rings. The number of carbonyl (C=O) groups excluding carboxylic acids is 1. The zero-order chi connectivity index (χ0) is 15.0. The van der Waals surface area contributed by atoms with Gasteiger partial charge < -0.3 is 4.74 Å². The van der Waals surface area contributed by atoms with Crippen LogP contribution < -0.4 is 4.74 Å². The van der Waals surface area contributed by atoms with E-state index in [-0.39, 0.29) is 28.3 Å². The summed E-state index contributed by atoms with van der Waals surface area (Å²) in [6.07, 6.45) is 1.77. The van der Waals surface area contributed by atoms with Gasteiger partial charge in [0.15, 0.2) is 0 Å². The summed E-state index contributed by atoms with van der Waals surface area (Å²) >= 11 is 0. The second-order valence-electron chi connectivity index (χ2n) is 6.11. The third kappa shape index (κ3) is 3.19. The van der Waals surface area contributed by atoms with Crippen LogP contribution in [0.2, 0.25) is 0 Å². The Hall–Kier alpha value is -1.35. The molecule has 0 N–H and O–H groups in total. The van der Waals surface area contributed by atoms with Crippen LogP contribution in [-0.4, -0.2) is 5.97 Å². The van der Waals surface area contributed by atoms with Gasteiger partial charge in [-0.15, -0.1) is 0 Å². The van der Waals surface area contributed by atoms with Gasteiger partial charge >= 0.3 is 5.97 Å². The molecule has 0 bridgehead atoms. The molecule has 2 nitrogen and oxygen atoms in total. The molecule has 2 aromatic carbocycles. The Bertz CT molecular complexity index is 705. The van der Waals surface area contributed by atoms with Gasteiger partial charge in [-0.05, 0) is 34.6 Å². The van der Waals surface area contributed by atoms with Crippen LogP contribution >= 0.6 is 0 Å². The Morgan fingerprint density at radius 2 is 1.86 bits per heavy atom. The first-order chi connectivity index (χ1) is 10.1. The van der Waals surface area contributed by atoms with Crippen LogP contribution in [0, 0.1) is 5.92 Å². The molecule has 0 fully saturated rings. The van der Waals surface area contributed by atoms with Crippen molar-refractivity contribution in [1.82, 2.24) is 0 Å². The van der Waals surface area contributed by atoms with E-state index in [9.17, 15) is 4.79 Å². The minimum atomic E-state index is -0.246. The van der Waals surface area contributed by atoms with Gasteiger partial charge in [-0.3, -0.25) is 4.79 Å². The largest absolute Gasteiger partial charge is 0.426 e. The maximum atomic E-state index is 11.5. The van der Waals surface area contributed by atoms with Crippen LogP contribution in [-0.2, 0) is 40.0 Å². The molecule has 1 aliphatic carbocycles. The van der Waals surface area contributed by atoms with Crippen molar-refractivity contribution in [2.75, 3.05) is 0 Å². The molecular formula is C19H20AgO2. The molecular weight excluding hydrogens is 368 g/mol. The number of hydrogen-bond acceptors (Lipinski definition) is 2. The summed E-state index contributed by atoms with van der Waals surface area (Å²) in [6, 6.07) is 12.7. The van der Waals surface area contributed by atoms with Gasteiger partial charge in [0, 0.05) is 41.3 Å². The maximum Gasteiger partial charge on any atom is 0.308 e. The molecule has 0 saturated carbocycles. The van der Waals surface area contributed by atoms with Gasteiger partial charge in [0.1, 0.15) is 5.75 Å². The zero-order valence-corrected chi connectivity index (χ0v) is 14.6. The Morgan fingerprint density at radius 1 is 1.14 bits per heavy atom. The van der Waals surface area contributed by atoms with Crippen molar-refractivity contribution in [2.45, 2.75) is 33.6 Å². The van der Waals surface area contributed by atoms with Gasteiger partial charge in [0.05, 0.1) is 0 Å². The zero-order valence-electron chi connectivity index (χ0n) is 13.1. The van der Waals surface area contributed by atoms with Crippen molar-refractivity contribution in [2.24, 2.45) is 5.92 Å². The topological polar surface area (TPSA) is 26.3 Å². The van der Waals surface area contributed by atoms with Gasteiger partial charge in [-0.1, -0.05) is 50.2 Å². The van der Waals surface area contributed by atoms with Crippen LogP contribution in [0.4, 0.5) is 0 Å². The average molecular weight is 388 g/mol. The predicted molar refractivity (Wildman–Crippen MR) is 84.5 cm³/mol. The molecule has 0 heterocycles. The van der Waals surface area contributed by atoms with Crippen LogP contribution in [0.3, 0.4) is 0 Å². The molecule has 0 aromatic heterocycles. The molecule has 0 unspecified atom stereocenters.